The zero-order chi connectivity index (χ0) is 13.4. The molecule has 0 fully saturated rings. The molecule has 0 amide bonds. The molecule has 0 bridgehead atoms. The monoisotopic (exact) mass is 244 g/mol. The second kappa shape index (κ2) is 7.24. The summed E-state index contributed by atoms with van der Waals surface area (Å²) in [7, 11) is 0. The predicted molar refractivity (Wildman–Crippen MR) is 77.4 cm³/mol. The molecule has 0 heterocycles. The molecule has 1 unspecified atom stereocenters. The van der Waals surface area contributed by atoms with Crippen LogP contribution in [-0.4, -0.2) is 10.7 Å². The van der Waals surface area contributed by atoms with Gasteiger partial charge >= 0.3 is 0 Å². The molecule has 1 rings (SSSR count). The van der Waals surface area contributed by atoms with Gasteiger partial charge in [-0.15, -0.1) is 0 Å². The molecule has 18 heavy (non-hydrogen) atoms. The number of hydrogen-bond acceptors (Lipinski definition) is 1. The van der Waals surface area contributed by atoms with Crippen molar-refractivity contribution >= 4 is 0 Å². The van der Waals surface area contributed by atoms with E-state index in [4.69, 9.17) is 0 Å². The van der Waals surface area contributed by atoms with Crippen molar-refractivity contribution in [2.45, 2.75) is 58.5 Å². The van der Waals surface area contributed by atoms with Gasteiger partial charge in [0.05, 0.1) is 0 Å². The highest BCUT2D eigenvalue weighted by Crippen LogP contribution is 2.14. The Bertz CT molecular complexity index is 403. The first kappa shape index (κ1) is 14.8. The first-order chi connectivity index (χ1) is 8.53. The van der Waals surface area contributed by atoms with E-state index < -0.39 is 5.60 Å². The summed E-state index contributed by atoms with van der Waals surface area (Å²) in [6.45, 7) is 6.05. The highest BCUT2D eigenvalue weighted by molar-refractivity contribution is 5.37. The molecular weight excluding hydrogens is 220 g/mol. The van der Waals surface area contributed by atoms with Crippen molar-refractivity contribution < 1.29 is 5.11 Å². The van der Waals surface area contributed by atoms with Gasteiger partial charge in [0.2, 0.25) is 0 Å². The quantitative estimate of drug-likeness (QED) is 0.611. The molecular formula is C17H24O. The van der Waals surface area contributed by atoms with Crippen molar-refractivity contribution in [3.63, 3.8) is 0 Å². The Morgan fingerprint density at radius 2 is 1.78 bits per heavy atom. The second-order valence-corrected chi connectivity index (χ2v) is 5.20. The third kappa shape index (κ3) is 5.89. The molecule has 0 aliphatic heterocycles. The van der Waals surface area contributed by atoms with Crippen LogP contribution < -0.4 is 0 Å². The van der Waals surface area contributed by atoms with Crippen LogP contribution in [0, 0.1) is 18.8 Å². The van der Waals surface area contributed by atoms with E-state index in [0.29, 0.717) is 0 Å². The summed E-state index contributed by atoms with van der Waals surface area (Å²) in [5, 5.41) is 10.2. The fourth-order valence-corrected chi connectivity index (χ4v) is 1.80. The van der Waals surface area contributed by atoms with Crippen LogP contribution in [0.4, 0.5) is 0 Å². The first-order valence-corrected chi connectivity index (χ1v) is 6.86. The molecule has 0 saturated carbocycles. The molecule has 1 N–H and O–H groups in total. The minimum atomic E-state index is -0.862. The lowest BCUT2D eigenvalue weighted by molar-refractivity contribution is 0.109. The molecule has 0 saturated heterocycles. The van der Waals surface area contributed by atoms with Crippen molar-refractivity contribution in [3.8, 4) is 11.8 Å². The largest absolute Gasteiger partial charge is 0.378 e. The average Bonchev–Trinajstić information content (AvgIpc) is 2.34. The topological polar surface area (TPSA) is 20.2 Å². The van der Waals surface area contributed by atoms with Gasteiger partial charge < -0.3 is 5.11 Å². The summed E-state index contributed by atoms with van der Waals surface area (Å²) in [6, 6.07) is 8.07. The zero-order valence-corrected chi connectivity index (χ0v) is 11.8. The first-order valence-electron chi connectivity index (χ1n) is 6.86. The fraction of sp³-hybridized carbons (Fsp3) is 0.529. The Labute approximate surface area is 111 Å². The third-order valence-corrected chi connectivity index (χ3v) is 3.04. The molecule has 0 aliphatic carbocycles. The number of hydrogen-bond donors (Lipinski definition) is 1. The molecule has 1 heteroatoms. The molecule has 1 aromatic carbocycles. The predicted octanol–water partition coefficient (Wildman–Crippen LogP) is 4.07. The van der Waals surface area contributed by atoms with Crippen LogP contribution in [0.25, 0.3) is 0 Å². The van der Waals surface area contributed by atoms with Gasteiger partial charge in [0.1, 0.15) is 5.60 Å². The second-order valence-electron chi connectivity index (χ2n) is 5.20. The van der Waals surface area contributed by atoms with Crippen LogP contribution in [0.3, 0.4) is 0 Å². The Balaban J connectivity index is 2.51. The van der Waals surface area contributed by atoms with Crippen molar-refractivity contribution in [2.75, 3.05) is 0 Å². The van der Waals surface area contributed by atoms with E-state index in [-0.39, 0.29) is 0 Å². The van der Waals surface area contributed by atoms with Gasteiger partial charge in [0.15, 0.2) is 0 Å². The van der Waals surface area contributed by atoms with Crippen molar-refractivity contribution in [1.29, 1.82) is 0 Å². The van der Waals surface area contributed by atoms with Gasteiger partial charge in [0, 0.05) is 5.56 Å². The zero-order valence-electron chi connectivity index (χ0n) is 11.8. The molecule has 0 radical (unpaired) electrons. The van der Waals surface area contributed by atoms with Crippen LogP contribution in [0.5, 0.6) is 0 Å². The number of aryl methyl sites for hydroxylation is 1. The minimum absolute atomic E-state index is 0.756. The Morgan fingerprint density at radius 3 is 2.39 bits per heavy atom. The SMILES string of the molecule is CCCCCCC(C)(O)C#Cc1ccc(C)cc1. The Hall–Kier alpha value is -1.26. The molecule has 1 atom stereocenters. The van der Waals surface area contributed by atoms with Crippen LogP contribution in [-0.2, 0) is 0 Å². The van der Waals surface area contributed by atoms with Crippen LogP contribution in [0.2, 0.25) is 0 Å². The van der Waals surface area contributed by atoms with Gasteiger partial charge in [-0.1, -0.05) is 55.7 Å². The number of aliphatic hydroxyl groups is 1. The van der Waals surface area contributed by atoms with Gasteiger partial charge in [-0.25, -0.2) is 0 Å². The molecule has 0 aliphatic rings. The number of unbranched alkanes of at least 4 members (excludes halogenated alkanes) is 3. The summed E-state index contributed by atoms with van der Waals surface area (Å²) in [6.07, 6.45) is 5.44. The summed E-state index contributed by atoms with van der Waals surface area (Å²) in [4.78, 5) is 0. The third-order valence-electron chi connectivity index (χ3n) is 3.04. The van der Waals surface area contributed by atoms with E-state index >= 15 is 0 Å². The minimum Gasteiger partial charge on any atom is -0.378 e. The Kier molecular flexibility index (Phi) is 5.95. The van der Waals surface area contributed by atoms with Crippen LogP contribution in [0.1, 0.15) is 57.1 Å². The van der Waals surface area contributed by atoms with Crippen LogP contribution in [0.15, 0.2) is 24.3 Å². The normalized spacial score (nSPS) is 13.6. The molecule has 1 nitrogen and oxygen atoms in total. The Morgan fingerprint density at radius 1 is 1.11 bits per heavy atom. The number of benzene rings is 1. The summed E-state index contributed by atoms with van der Waals surface area (Å²) >= 11 is 0. The van der Waals surface area contributed by atoms with Crippen molar-refractivity contribution in [2.24, 2.45) is 0 Å². The average molecular weight is 244 g/mol. The van der Waals surface area contributed by atoms with E-state index in [9.17, 15) is 5.11 Å². The molecule has 0 spiro atoms. The molecule has 0 aromatic heterocycles. The maximum absolute atomic E-state index is 10.2. The lowest BCUT2D eigenvalue weighted by Gasteiger charge is -2.15. The van der Waals surface area contributed by atoms with Gasteiger partial charge in [-0.05, 0) is 38.8 Å². The standard InChI is InChI=1S/C17H24O/c1-4-5-6-7-13-17(3,18)14-12-16-10-8-15(2)9-11-16/h8-11,18H,4-7,13H2,1-3H3. The van der Waals surface area contributed by atoms with Gasteiger partial charge in [0.25, 0.3) is 0 Å². The van der Waals surface area contributed by atoms with Crippen molar-refractivity contribution in [1.82, 2.24) is 0 Å². The van der Waals surface area contributed by atoms with Crippen LogP contribution >= 0.6 is 0 Å². The lowest BCUT2D eigenvalue weighted by atomic mass is 9.98. The van der Waals surface area contributed by atoms with Gasteiger partial charge in [-0.3, -0.25) is 0 Å². The highest BCUT2D eigenvalue weighted by atomic mass is 16.3. The maximum atomic E-state index is 10.2. The van der Waals surface area contributed by atoms with E-state index in [1.165, 1.54) is 24.8 Å². The molecule has 98 valence electrons. The van der Waals surface area contributed by atoms with Gasteiger partial charge in [-0.2, -0.15) is 0 Å². The summed E-state index contributed by atoms with van der Waals surface area (Å²) in [5.74, 6) is 6.03. The van der Waals surface area contributed by atoms with E-state index in [1.54, 1.807) is 6.92 Å². The molecule has 1 aromatic rings. The summed E-state index contributed by atoms with van der Waals surface area (Å²) < 4.78 is 0. The smallest absolute Gasteiger partial charge is 0.123 e. The van der Waals surface area contributed by atoms with E-state index in [0.717, 1.165) is 18.4 Å². The highest BCUT2D eigenvalue weighted by Gasteiger charge is 2.15. The number of rotatable bonds is 5. The lowest BCUT2D eigenvalue weighted by Crippen LogP contribution is -2.21. The van der Waals surface area contributed by atoms with Crippen molar-refractivity contribution in [3.05, 3.63) is 35.4 Å². The fourth-order valence-electron chi connectivity index (χ4n) is 1.80. The summed E-state index contributed by atoms with van der Waals surface area (Å²) in [5.41, 5.74) is 1.33. The van der Waals surface area contributed by atoms with E-state index in [1.807, 2.05) is 24.3 Å². The van der Waals surface area contributed by atoms with E-state index in [2.05, 4.69) is 25.7 Å². The maximum Gasteiger partial charge on any atom is 0.123 e.